The van der Waals surface area contributed by atoms with Gasteiger partial charge < -0.3 is 5.32 Å². The van der Waals surface area contributed by atoms with Crippen molar-refractivity contribution in [3.05, 3.63) is 28.7 Å². The van der Waals surface area contributed by atoms with Gasteiger partial charge >= 0.3 is 0 Å². The third kappa shape index (κ3) is 5.74. The molecule has 106 valence electrons. The quantitative estimate of drug-likeness (QED) is 0.770. The molecule has 0 atom stereocenters. The van der Waals surface area contributed by atoms with Crippen molar-refractivity contribution in [3.8, 4) is 0 Å². The van der Waals surface area contributed by atoms with Crippen LogP contribution in [0.1, 0.15) is 25.7 Å². The standard InChI is InChI=1S/C13H18BrNO3S/c1-15-13(16)5-3-2-4-10-19(17,18)12-8-6-11(14)7-9-12/h6-9H,2-5,10H2,1H3,(H,15,16). The van der Waals surface area contributed by atoms with Crippen molar-refractivity contribution in [2.24, 2.45) is 0 Å². The van der Waals surface area contributed by atoms with Gasteiger partial charge in [0.05, 0.1) is 10.6 Å². The Kier molecular flexibility index (Phi) is 6.51. The summed E-state index contributed by atoms with van der Waals surface area (Å²) in [5.74, 6) is 0.123. The van der Waals surface area contributed by atoms with E-state index in [1.54, 1.807) is 31.3 Å². The molecule has 0 fully saturated rings. The van der Waals surface area contributed by atoms with Crippen molar-refractivity contribution in [2.45, 2.75) is 30.6 Å². The lowest BCUT2D eigenvalue weighted by Crippen LogP contribution is -2.17. The Balaban J connectivity index is 2.39. The van der Waals surface area contributed by atoms with Gasteiger partial charge in [-0.25, -0.2) is 8.42 Å². The monoisotopic (exact) mass is 347 g/mol. The fraction of sp³-hybridized carbons (Fsp3) is 0.462. The number of hydrogen-bond acceptors (Lipinski definition) is 3. The summed E-state index contributed by atoms with van der Waals surface area (Å²) in [6.45, 7) is 0. The van der Waals surface area contributed by atoms with E-state index in [-0.39, 0.29) is 11.7 Å². The van der Waals surface area contributed by atoms with Crippen molar-refractivity contribution in [3.63, 3.8) is 0 Å². The number of sulfone groups is 1. The first kappa shape index (κ1) is 16.2. The Bertz CT molecular complexity index is 511. The maximum atomic E-state index is 12.0. The van der Waals surface area contributed by atoms with Gasteiger partial charge in [-0.2, -0.15) is 0 Å². The van der Waals surface area contributed by atoms with Gasteiger partial charge in [-0.15, -0.1) is 0 Å². The maximum absolute atomic E-state index is 12.0. The third-order valence-electron chi connectivity index (χ3n) is 2.77. The van der Waals surface area contributed by atoms with Crippen LogP contribution in [0.5, 0.6) is 0 Å². The van der Waals surface area contributed by atoms with E-state index in [1.807, 2.05) is 0 Å². The van der Waals surface area contributed by atoms with Crippen molar-refractivity contribution >= 4 is 31.7 Å². The summed E-state index contributed by atoms with van der Waals surface area (Å²) in [7, 11) is -1.61. The highest BCUT2D eigenvalue weighted by Gasteiger charge is 2.13. The van der Waals surface area contributed by atoms with Crippen LogP contribution >= 0.6 is 15.9 Å². The number of halogens is 1. The van der Waals surface area contributed by atoms with Crippen molar-refractivity contribution in [1.82, 2.24) is 5.32 Å². The summed E-state index contributed by atoms with van der Waals surface area (Å²) in [5.41, 5.74) is 0. The van der Waals surface area contributed by atoms with Crippen LogP contribution in [0, 0.1) is 0 Å². The SMILES string of the molecule is CNC(=O)CCCCCS(=O)(=O)c1ccc(Br)cc1. The van der Waals surface area contributed by atoms with Crippen molar-refractivity contribution in [2.75, 3.05) is 12.8 Å². The highest BCUT2D eigenvalue weighted by molar-refractivity contribution is 9.10. The van der Waals surface area contributed by atoms with Crippen LogP contribution in [0.15, 0.2) is 33.6 Å². The molecule has 1 amide bonds. The molecular formula is C13H18BrNO3S. The van der Waals surface area contributed by atoms with E-state index in [2.05, 4.69) is 21.2 Å². The van der Waals surface area contributed by atoms with Gasteiger partial charge in [0.25, 0.3) is 0 Å². The average Bonchev–Trinajstić information content (AvgIpc) is 2.38. The van der Waals surface area contributed by atoms with Crippen LogP contribution in [-0.4, -0.2) is 27.1 Å². The second-order valence-electron chi connectivity index (χ2n) is 4.26. The first-order valence-corrected chi connectivity index (χ1v) is 8.59. The van der Waals surface area contributed by atoms with E-state index in [0.717, 1.165) is 17.3 Å². The van der Waals surface area contributed by atoms with Crippen LogP contribution < -0.4 is 5.32 Å². The molecule has 0 aromatic heterocycles. The number of rotatable bonds is 7. The number of benzene rings is 1. The molecule has 0 bridgehead atoms. The van der Waals surface area contributed by atoms with E-state index >= 15 is 0 Å². The minimum Gasteiger partial charge on any atom is -0.359 e. The summed E-state index contributed by atoms with van der Waals surface area (Å²) in [4.78, 5) is 11.3. The average molecular weight is 348 g/mol. The zero-order valence-electron chi connectivity index (χ0n) is 10.9. The second kappa shape index (κ2) is 7.65. The summed E-state index contributed by atoms with van der Waals surface area (Å²) in [6.07, 6.45) is 2.49. The zero-order valence-corrected chi connectivity index (χ0v) is 13.3. The zero-order chi connectivity index (χ0) is 14.3. The number of carbonyl (C=O) groups is 1. The molecule has 1 aromatic rings. The molecule has 0 saturated heterocycles. The predicted molar refractivity (Wildman–Crippen MR) is 78.7 cm³/mol. The van der Waals surface area contributed by atoms with Gasteiger partial charge in [0.1, 0.15) is 0 Å². The number of nitrogens with one attached hydrogen (secondary N) is 1. The second-order valence-corrected chi connectivity index (χ2v) is 7.28. The minimum atomic E-state index is -3.20. The number of amides is 1. The van der Waals surface area contributed by atoms with Gasteiger partial charge in [0.15, 0.2) is 9.84 Å². The van der Waals surface area contributed by atoms with Crippen LogP contribution in [0.4, 0.5) is 0 Å². The molecule has 0 aliphatic rings. The molecule has 1 N–H and O–H groups in total. The van der Waals surface area contributed by atoms with E-state index in [9.17, 15) is 13.2 Å². The largest absolute Gasteiger partial charge is 0.359 e. The Hall–Kier alpha value is -0.880. The van der Waals surface area contributed by atoms with E-state index in [1.165, 1.54) is 0 Å². The molecule has 1 rings (SSSR count). The molecule has 1 aromatic carbocycles. The number of hydrogen-bond donors (Lipinski definition) is 1. The van der Waals surface area contributed by atoms with Gasteiger partial charge in [-0.1, -0.05) is 22.4 Å². The molecule has 0 radical (unpaired) electrons. The molecule has 0 spiro atoms. The lowest BCUT2D eigenvalue weighted by molar-refractivity contribution is -0.120. The molecule has 6 heteroatoms. The van der Waals surface area contributed by atoms with Crippen LogP contribution in [-0.2, 0) is 14.6 Å². The van der Waals surface area contributed by atoms with Gasteiger partial charge in [0, 0.05) is 17.9 Å². The topological polar surface area (TPSA) is 63.2 Å². The molecular weight excluding hydrogens is 330 g/mol. The fourth-order valence-corrected chi connectivity index (χ4v) is 3.27. The van der Waals surface area contributed by atoms with Crippen LogP contribution in [0.25, 0.3) is 0 Å². The predicted octanol–water partition coefficient (Wildman–Crippen LogP) is 2.53. The van der Waals surface area contributed by atoms with Crippen molar-refractivity contribution in [1.29, 1.82) is 0 Å². The Labute approximate surface area is 122 Å². The van der Waals surface area contributed by atoms with Crippen LogP contribution in [0.3, 0.4) is 0 Å². The Morgan fingerprint density at radius 1 is 1.16 bits per heavy atom. The van der Waals surface area contributed by atoms with Gasteiger partial charge in [-0.05, 0) is 37.1 Å². The molecule has 4 nitrogen and oxygen atoms in total. The van der Waals surface area contributed by atoms with Gasteiger partial charge in [-0.3, -0.25) is 4.79 Å². The lowest BCUT2D eigenvalue weighted by Gasteiger charge is -2.04. The molecule has 0 saturated carbocycles. The molecule has 0 unspecified atom stereocenters. The Morgan fingerprint density at radius 3 is 2.37 bits per heavy atom. The van der Waals surface area contributed by atoms with Crippen molar-refractivity contribution < 1.29 is 13.2 Å². The summed E-state index contributed by atoms with van der Waals surface area (Å²) >= 11 is 3.27. The highest BCUT2D eigenvalue weighted by atomic mass is 79.9. The first-order valence-electron chi connectivity index (χ1n) is 6.14. The molecule has 0 aliphatic carbocycles. The summed E-state index contributed by atoms with van der Waals surface area (Å²) in [5, 5.41) is 2.54. The normalized spacial score (nSPS) is 11.3. The van der Waals surface area contributed by atoms with E-state index in [0.29, 0.717) is 17.7 Å². The fourth-order valence-electron chi connectivity index (χ4n) is 1.64. The Morgan fingerprint density at radius 2 is 1.79 bits per heavy atom. The molecule has 0 heterocycles. The smallest absolute Gasteiger partial charge is 0.219 e. The van der Waals surface area contributed by atoms with E-state index < -0.39 is 9.84 Å². The first-order chi connectivity index (χ1) is 8.95. The highest BCUT2D eigenvalue weighted by Crippen LogP contribution is 2.17. The summed E-state index contributed by atoms with van der Waals surface area (Å²) in [6, 6.07) is 6.64. The van der Waals surface area contributed by atoms with Gasteiger partial charge in [0.2, 0.25) is 5.91 Å². The third-order valence-corrected chi connectivity index (χ3v) is 5.11. The van der Waals surface area contributed by atoms with E-state index in [4.69, 9.17) is 0 Å². The maximum Gasteiger partial charge on any atom is 0.219 e. The molecule has 19 heavy (non-hydrogen) atoms. The number of unbranched alkanes of at least 4 members (excludes halogenated alkanes) is 2. The number of carbonyl (C=O) groups excluding carboxylic acids is 1. The summed E-state index contributed by atoms with van der Waals surface area (Å²) < 4.78 is 24.9. The molecule has 0 aliphatic heterocycles. The lowest BCUT2D eigenvalue weighted by atomic mass is 10.2. The van der Waals surface area contributed by atoms with Crippen LogP contribution in [0.2, 0.25) is 0 Å². The minimum absolute atomic E-state index is 0.00392.